The first-order valence-corrected chi connectivity index (χ1v) is 8.99. The molecule has 24 heavy (non-hydrogen) atoms. The Morgan fingerprint density at radius 1 is 1.33 bits per heavy atom. The molecule has 1 aliphatic rings. The summed E-state index contributed by atoms with van der Waals surface area (Å²) in [5, 5.41) is 13.7. The molecule has 4 rings (SSSR count). The molecule has 124 valence electrons. The maximum atomic E-state index is 10.6. The molecule has 0 amide bonds. The topological polar surface area (TPSA) is 60.2 Å². The lowest BCUT2D eigenvalue weighted by molar-refractivity contribution is 0.111. The molecular weight excluding hydrogens is 322 g/mol. The van der Waals surface area contributed by atoms with Crippen molar-refractivity contribution in [2.45, 2.75) is 31.6 Å². The molecule has 2 atom stereocenters. The lowest BCUT2D eigenvalue weighted by Crippen LogP contribution is -2.11. The molecule has 3 heterocycles. The summed E-state index contributed by atoms with van der Waals surface area (Å²) in [6.07, 6.45) is 5.17. The van der Waals surface area contributed by atoms with Crippen LogP contribution >= 0.6 is 11.3 Å². The van der Waals surface area contributed by atoms with Gasteiger partial charge in [0, 0.05) is 24.4 Å². The van der Waals surface area contributed by atoms with Crippen LogP contribution in [0.4, 0.5) is 0 Å². The molecule has 0 unspecified atom stereocenters. The van der Waals surface area contributed by atoms with Gasteiger partial charge in [0.15, 0.2) is 0 Å². The fourth-order valence-electron chi connectivity index (χ4n) is 2.98. The zero-order valence-corrected chi connectivity index (χ0v) is 14.0. The van der Waals surface area contributed by atoms with Gasteiger partial charge in [-0.1, -0.05) is 30.3 Å². The monoisotopic (exact) mass is 341 g/mol. The van der Waals surface area contributed by atoms with E-state index in [1.165, 1.54) is 0 Å². The average Bonchev–Trinajstić information content (AvgIpc) is 3.37. The maximum absolute atomic E-state index is 10.6. The molecule has 0 bridgehead atoms. The van der Waals surface area contributed by atoms with Crippen molar-refractivity contribution < 1.29 is 9.84 Å². The van der Waals surface area contributed by atoms with Crippen LogP contribution in [0.15, 0.2) is 48.1 Å². The zero-order valence-electron chi connectivity index (χ0n) is 13.2. The van der Waals surface area contributed by atoms with E-state index in [9.17, 15) is 5.11 Å². The first kappa shape index (κ1) is 15.5. The Morgan fingerprint density at radius 2 is 2.21 bits per heavy atom. The molecule has 3 aromatic rings. The Balaban J connectivity index is 1.53. The molecule has 6 heteroatoms. The average molecular weight is 341 g/mol. The van der Waals surface area contributed by atoms with Crippen molar-refractivity contribution in [2.24, 2.45) is 0 Å². The molecule has 5 nitrogen and oxygen atoms in total. The highest BCUT2D eigenvalue weighted by molar-refractivity contribution is 7.09. The number of hydrogen-bond acceptors (Lipinski definition) is 5. The molecule has 0 aliphatic carbocycles. The predicted molar refractivity (Wildman–Crippen MR) is 91.9 cm³/mol. The number of aromatic nitrogens is 3. The number of nitrogens with zero attached hydrogens (tertiary/aromatic N) is 3. The largest absolute Gasteiger partial charge is 0.380 e. The second-order valence-corrected chi connectivity index (χ2v) is 6.79. The van der Waals surface area contributed by atoms with Crippen molar-refractivity contribution in [3.05, 3.63) is 70.2 Å². The van der Waals surface area contributed by atoms with Crippen LogP contribution in [0.2, 0.25) is 0 Å². The van der Waals surface area contributed by atoms with Crippen LogP contribution in [0.3, 0.4) is 0 Å². The van der Waals surface area contributed by atoms with E-state index in [4.69, 9.17) is 9.72 Å². The first-order valence-electron chi connectivity index (χ1n) is 8.11. The van der Waals surface area contributed by atoms with Crippen LogP contribution < -0.4 is 0 Å². The second-order valence-electron chi connectivity index (χ2n) is 5.91. The summed E-state index contributed by atoms with van der Waals surface area (Å²) in [4.78, 5) is 9.04. The summed E-state index contributed by atoms with van der Waals surface area (Å²) in [7, 11) is 0. The number of hydrogen-bond donors (Lipinski definition) is 1. The van der Waals surface area contributed by atoms with Crippen molar-refractivity contribution in [3.63, 3.8) is 0 Å². The smallest absolute Gasteiger partial charge is 0.142 e. The molecule has 1 fully saturated rings. The fraction of sp³-hybridized carbons (Fsp3) is 0.333. The second kappa shape index (κ2) is 6.84. The Kier molecular flexibility index (Phi) is 4.42. The summed E-state index contributed by atoms with van der Waals surface area (Å²) in [5.41, 5.74) is 1.81. The standard InChI is InChI=1S/C18H19N3O2S/c22-16(13-5-2-1-3-6-13)17-19-8-9-21(17)11-14-12-24-18(20-14)15-7-4-10-23-15/h1-3,5-6,8-9,12,15-16,22H,4,7,10-11H2/t15-,16+/m0/s1. The molecule has 0 radical (unpaired) electrons. The van der Waals surface area contributed by atoms with Crippen molar-refractivity contribution in [1.29, 1.82) is 0 Å². The molecule has 0 spiro atoms. The third kappa shape index (κ3) is 3.13. The summed E-state index contributed by atoms with van der Waals surface area (Å²) in [5.74, 6) is 0.632. The van der Waals surface area contributed by atoms with Gasteiger partial charge in [0.25, 0.3) is 0 Å². The van der Waals surface area contributed by atoms with Crippen molar-refractivity contribution in [1.82, 2.24) is 14.5 Å². The van der Waals surface area contributed by atoms with Crippen molar-refractivity contribution in [2.75, 3.05) is 6.61 Å². The van der Waals surface area contributed by atoms with Gasteiger partial charge in [-0.2, -0.15) is 0 Å². The van der Waals surface area contributed by atoms with Crippen LogP contribution in [0, 0.1) is 0 Å². The van der Waals surface area contributed by atoms with Gasteiger partial charge in [0.2, 0.25) is 0 Å². The summed E-state index contributed by atoms with van der Waals surface area (Å²) < 4.78 is 7.65. The molecule has 1 saturated heterocycles. The quantitative estimate of drug-likeness (QED) is 0.773. The van der Waals surface area contributed by atoms with Gasteiger partial charge in [-0.15, -0.1) is 11.3 Å². The number of aliphatic hydroxyl groups excluding tert-OH is 1. The van der Waals surface area contributed by atoms with E-state index in [0.717, 1.165) is 35.7 Å². The number of benzene rings is 1. The third-order valence-electron chi connectivity index (χ3n) is 4.21. The van der Waals surface area contributed by atoms with E-state index in [0.29, 0.717) is 12.4 Å². The van der Waals surface area contributed by atoms with Gasteiger partial charge < -0.3 is 14.4 Å². The maximum Gasteiger partial charge on any atom is 0.142 e. The normalized spacial score (nSPS) is 18.8. The van der Waals surface area contributed by atoms with Crippen molar-refractivity contribution >= 4 is 11.3 Å². The lowest BCUT2D eigenvalue weighted by Gasteiger charge is -2.13. The highest BCUT2D eigenvalue weighted by Gasteiger charge is 2.21. The fourth-order valence-corrected chi connectivity index (χ4v) is 3.87. The van der Waals surface area contributed by atoms with E-state index in [2.05, 4.69) is 10.4 Å². The van der Waals surface area contributed by atoms with Gasteiger partial charge in [-0.05, 0) is 18.4 Å². The Morgan fingerprint density at radius 3 is 3.00 bits per heavy atom. The number of rotatable bonds is 5. The van der Waals surface area contributed by atoms with Crippen LogP contribution in [-0.4, -0.2) is 26.2 Å². The van der Waals surface area contributed by atoms with Gasteiger partial charge in [0.05, 0.1) is 12.2 Å². The molecule has 1 aliphatic heterocycles. The number of ether oxygens (including phenoxy) is 1. The van der Waals surface area contributed by atoms with Crippen LogP contribution in [0.25, 0.3) is 0 Å². The Bertz CT molecular complexity index is 793. The summed E-state index contributed by atoms with van der Waals surface area (Å²) >= 11 is 1.65. The van der Waals surface area contributed by atoms with Gasteiger partial charge in [0.1, 0.15) is 23.0 Å². The summed E-state index contributed by atoms with van der Waals surface area (Å²) in [6.45, 7) is 1.43. The highest BCUT2D eigenvalue weighted by atomic mass is 32.1. The molecular formula is C18H19N3O2S. The number of thiazole rings is 1. The van der Waals surface area contributed by atoms with Crippen LogP contribution in [0.1, 0.15) is 47.1 Å². The summed E-state index contributed by atoms with van der Waals surface area (Å²) in [6, 6.07) is 9.58. The molecule has 0 saturated carbocycles. The van der Waals surface area contributed by atoms with Gasteiger partial charge >= 0.3 is 0 Å². The highest BCUT2D eigenvalue weighted by Crippen LogP contribution is 2.31. The SMILES string of the molecule is O[C@H](c1ccccc1)c1nccn1Cc1csc([C@@H]2CCCO2)n1. The van der Waals surface area contributed by atoms with Gasteiger partial charge in [-0.3, -0.25) is 0 Å². The Labute approximate surface area is 144 Å². The number of imidazole rings is 1. The van der Waals surface area contributed by atoms with E-state index in [1.807, 2.05) is 41.1 Å². The van der Waals surface area contributed by atoms with Gasteiger partial charge in [-0.25, -0.2) is 9.97 Å². The lowest BCUT2D eigenvalue weighted by atomic mass is 10.1. The minimum atomic E-state index is -0.738. The molecule has 2 aromatic heterocycles. The Hall–Kier alpha value is -2.02. The minimum Gasteiger partial charge on any atom is -0.380 e. The van der Waals surface area contributed by atoms with E-state index < -0.39 is 6.10 Å². The number of aliphatic hydroxyl groups is 1. The van der Waals surface area contributed by atoms with E-state index >= 15 is 0 Å². The first-order chi connectivity index (χ1) is 11.8. The van der Waals surface area contributed by atoms with Crippen LogP contribution in [-0.2, 0) is 11.3 Å². The van der Waals surface area contributed by atoms with E-state index in [1.54, 1.807) is 17.5 Å². The van der Waals surface area contributed by atoms with Crippen LogP contribution in [0.5, 0.6) is 0 Å². The predicted octanol–water partition coefficient (Wildman–Crippen LogP) is 3.32. The molecule has 1 aromatic carbocycles. The minimum absolute atomic E-state index is 0.154. The third-order valence-corrected chi connectivity index (χ3v) is 5.20. The molecule has 1 N–H and O–H groups in total. The van der Waals surface area contributed by atoms with E-state index in [-0.39, 0.29) is 6.10 Å². The van der Waals surface area contributed by atoms with Crippen molar-refractivity contribution in [3.8, 4) is 0 Å². The zero-order chi connectivity index (χ0) is 16.4.